The highest BCUT2D eigenvalue weighted by atomic mass is 16.5. The zero-order valence-corrected chi connectivity index (χ0v) is 14.2. The molecule has 6 heteroatoms. The molecule has 3 rings (SSSR count). The van der Waals surface area contributed by atoms with E-state index in [-0.39, 0.29) is 23.8 Å². The first-order valence-electron chi connectivity index (χ1n) is 8.36. The van der Waals surface area contributed by atoms with Crippen molar-refractivity contribution in [3.63, 3.8) is 0 Å². The molecule has 1 aromatic carbocycles. The van der Waals surface area contributed by atoms with Gasteiger partial charge in [-0.15, -0.1) is 0 Å². The summed E-state index contributed by atoms with van der Waals surface area (Å²) in [4.78, 5) is 25.0. The van der Waals surface area contributed by atoms with Gasteiger partial charge >= 0.3 is 0 Å². The maximum atomic E-state index is 13.0. The van der Waals surface area contributed by atoms with E-state index in [1.807, 2.05) is 12.1 Å². The number of fused-ring (bicyclic) bond motifs is 1. The van der Waals surface area contributed by atoms with Gasteiger partial charge in [0.2, 0.25) is 11.8 Å². The van der Waals surface area contributed by atoms with Gasteiger partial charge in [-0.05, 0) is 24.5 Å². The SMILES string of the molecule is COCC1(NC(=O)[C@H]2CC(=O)Nc3c(OC)cccc32)CCCC1. The number of methoxy groups -OCH3 is 2. The quantitative estimate of drug-likeness (QED) is 0.866. The Kier molecular flexibility index (Phi) is 4.76. The Hall–Kier alpha value is -2.08. The monoisotopic (exact) mass is 332 g/mol. The van der Waals surface area contributed by atoms with Crippen LogP contribution in [0, 0.1) is 0 Å². The zero-order valence-electron chi connectivity index (χ0n) is 14.2. The van der Waals surface area contributed by atoms with Crippen LogP contribution in [0.4, 0.5) is 5.69 Å². The average Bonchev–Trinajstić information content (AvgIpc) is 3.02. The van der Waals surface area contributed by atoms with E-state index in [1.165, 1.54) is 0 Å². The number of para-hydroxylation sites is 1. The standard InChI is InChI=1S/C18H24N2O4/c1-23-11-18(8-3-4-9-18)20-17(22)13-10-15(21)19-16-12(13)6-5-7-14(16)24-2/h5-7,13H,3-4,8-11H2,1-2H3,(H,19,21)(H,20,22)/t13-/m0/s1. The Morgan fingerprint density at radius 2 is 2.08 bits per heavy atom. The Balaban J connectivity index is 1.87. The number of carbonyl (C=O) groups is 2. The second-order valence-electron chi connectivity index (χ2n) is 6.64. The lowest BCUT2D eigenvalue weighted by atomic mass is 9.88. The molecular formula is C18H24N2O4. The molecule has 1 aliphatic carbocycles. The smallest absolute Gasteiger partial charge is 0.228 e. The summed E-state index contributed by atoms with van der Waals surface area (Å²) in [5.41, 5.74) is 1.10. The lowest BCUT2D eigenvalue weighted by Crippen LogP contribution is -2.51. The van der Waals surface area contributed by atoms with Gasteiger partial charge in [-0.25, -0.2) is 0 Å². The number of hydrogen-bond acceptors (Lipinski definition) is 4. The predicted molar refractivity (Wildman–Crippen MR) is 90.2 cm³/mol. The zero-order chi connectivity index (χ0) is 17.2. The summed E-state index contributed by atoms with van der Waals surface area (Å²) in [5.74, 6) is -0.207. The van der Waals surface area contributed by atoms with Crippen LogP contribution in [0.25, 0.3) is 0 Å². The molecule has 6 nitrogen and oxygen atoms in total. The van der Waals surface area contributed by atoms with Crippen LogP contribution in [0.1, 0.15) is 43.6 Å². The van der Waals surface area contributed by atoms with E-state index in [4.69, 9.17) is 9.47 Å². The van der Waals surface area contributed by atoms with Crippen molar-refractivity contribution in [3.05, 3.63) is 23.8 Å². The minimum Gasteiger partial charge on any atom is -0.495 e. The molecule has 0 saturated heterocycles. The second kappa shape index (κ2) is 6.81. The molecule has 0 aromatic heterocycles. The molecule has 1 aromatic rings. The molecule has 1 fully saturated rings. The van der Waals surface area contributed by atoms with Crippen LogP contribution in [-0.2, 0) is 14.3 Å². The third-order valence-electron chi connectivity index (χ3n) is 4.99. The minimum atomic E-state index is -0.502. The molecule has 1 heterocycles. The predicted octanol–water partition coefficient (Wildman–Crippen LogP) is 2.20. The molecular weight excluding hydrogens is 308 g/mol. The maximum absolute atomic E-state index is 13.0. The maximum Gasteiger partial charge on any atom is 0.228 e. The normalized spacial score (nSPS) is 21.8. The Bertz CT molecular complexity index is 638. The number of ether oxygens (including phenoxy) is 2. The number of rotatable bonds is 5. The lowest BCUT2D eigenvalue weighted by molar-refractivity contribution is -0.128. The fraction of sp³-hybridized carbons (Fsp3) is 0.556. The van der Waals surface area contributed by atoms with Gasteiger partial charge in [0.25, 0.3) is 0 Å². The van der Waals surface area contributed by atoms with Gasteiger partial charge in [0.05, 0.1) is 30.9 Å². The fourth-order valence-electron chi connectivity index (χ4n) is 3.84. The first kappa shape index (κ1) is 16.8. The van der Waals surface area contributed by atoms with Gasteiger partial charge in [0, 0.05) is 13.5 Å². The molecule has 0 bridgehead atoms. The Morgan fingerprint density at radius 1 is 1.33 bits per heavy atom. The van der Waals surface area contributed by atoms with Crippen molar-refractivity contribution in [2.24, 2.45) is 0 Å². The molecule has 1 atom stereocenters. The van der Waals surface area contributed by atoms with Gasteiger partial charge in [-0.1, -0.05) is 25.0 Å². The Labute approximate surface area is 141 Å². The van der Waals surface area contributed by atoms with Crippen molar-refractivity contribution in [2.45, 2.75) is 43.6 Å². The van der Waals surface area contributed by atoms with Crippen LogP contribution in [0.5, 0.6) is 5.75 Å². The molecule has 0 radical (unpaired) electrons. The highest BCUT2D eigenvalue weighted by molar-refractivity contribution is 6.02. The third kappa shape index (κ3) is 3.11. The molecule has 1 aliphatic heterocycles. The molecule has 2 amide bonds. The van der Waals surface area contributed by atoms with E-state index < -0.39 is 5.92 Å². The molecule has 130 valence electrons. The number of amides is 2. The van der Waals surface area contributed by atoms with Crippen LogP contribution in [0.2, 0.25) is 0 Å². The summed E-state index contributed by atoms with van der Waals surface area (Å²) >= 11 is 0. The van der Waals surface area contributed by atoms with E-state index in [1.54, 1.807) is 20.3 Å². The van der Waals surface area contributed by atoms with E-state index in [0.717, 1.165) is 31.2 Å². The van der Waals surface area contributed by atoms with Crippen LogP contribution in [-0.4, -0.2) is 38.2 Å². The highest BCUT2D eigenvalue weighted by Gasteiger charge is 2.39. The van der Waals surface area contributed by atoms with E-state index in [0.29, 0.717) is 18.0 Å². The summed E-state index contributed by atoms with van der Waals surface area (Å²) in [7, 11) is 3.21. The molecule has 0 spiro atoms. The van der Waals surface area contributed by atoms with Crippen molar-refractivity contribution in [1.29, 1.82) is 0 Å². The van der Waals surface area contributed by atoms with Crippen molar-refractivity contribution >= 4 is 17.5 Å². The summed E-state index contributed by atoms with van der Waals surface area (Å²) in [6.07, 6.45) is 4.14. The van der Waals surface area contributed by atoms with Crippen LogP contribution in [0.15, 0.2) is 18.2 Å². The third-order valence-corrected chi connectivity index (χ3v) is 4.99. The van der Waals surface area contributed by atoms with E-state index >= 15 is 0 Å². The van der Waals surface area contributed by atoms with Crippen molar-refractivity contribution in [1.82, 2.24) is 5.32 Å². The summed E-state index contributed by atoms with van der Waals surface area (Å²) in [5, 5.41) is 6.00. The van der Waals surface area contributed by atoms with Crippen molar-refractivity contribution in [3.8, 4) is 5.75 Å². The average molecular weight is 332 g/mol. The molecule has 1 saturated carbocycles. The second-order valence-corrected chi connectivity index (χ2v) is 6.64. The van der Waals surface area contributed by atoms with Gasteiger partial charge in [0.15, 0.2) is 0 Å². The van der Waals surface area contributed by atoms with Crippen molar-refractivity contribution < 1.29 is 19.1 Å². The summed E-state index contributed by atoms with van der Waals surface area (Å²) in [6.45, 7) is 0.503. The fourth-order valence-corrected chi connectivity index (χ4v) is 3.84. The number of carbonyl (C=O) groups excluding carboxylic acids is 2. The molecule has 2 N–H and O–H groups in total. The summed E-state index contributed by atoms with van der Waals surface area (Å²) < 4.78 is 10.6. The highest BCUT2D eigenvalue weighted by Crippen LogP contribution is 2.39. The summed E-state index contributed by atoms with van der Waals surface area (Å²) in [6, 6.07) is 5.50. The number of benzene rings is 1. The molecule has 2 aliphatic rings. The van der Waals surface area contributed by atoms with Gasteiger partial charge < -0.3 is 20.1 Å². The first-order chi connectivity index (χ1) is 11.6. The van der Waals surface area contributed by atoms with E-state index in [9.17, 15) is 9.59 Å². The number of nitrogens with one attached hydrogen (secondary N) is 2. The Morgan fingerprint density at radius 3 is 2.75 bits per heavy atom. The van der Waals surface area contributed by atoms with Gasteiger partial charge in [0.1, 0.15) is 5.75 Å². The van der Waals surface area contributed by atoms with Gasteiger partial charge in [-0.2, -0.15) is 0 Å². The molecule has 24 heavy (non-hydrogen) atoms. The van der Waals surface area contributed by atoms with Crippen LogP contribution in [0.3, 0.4) is 0 Å². The largest absolute Gasteiger partial charge is 0.495 e. The van der Waals surface area contributed by atoms with Gasteiger partial charge in [-0.3, -0.25) is 9.59 Å². The van der Waals surface area contributed by atoms with Crippen molar-refractivity contribution in [2.75, 3.05) is 26.1 Å². The van der Waals surface area contributed by atoms with E-state index in [2.05, 4.69) is 10.6 Å². The topological polar surface area (TPSA) is 76.7 Å². The molecule has 0 unspecified atom stereocenters. The van der Waals surface area contributed by atoms with Crippen LogP contribution < -0.4 is 15.4 Å². The number of hydrogen-bond donors (Lipinski definition) is 2. The van der Waals surface area contributed by atoms with Crippen LogP contribution >= 0.6 is 0 Å². The first-order valence-corrected chi connectivity index (χ1v) is 8.36. The number of anilines is 1. The minimum absolute atomic E-state index is 0.113. The lowest BCUT2D eigenvalue weighted by Gasteiger charge is -2.33.